The number of hydrogen-bond acceptors (Lipinski definition) is 5. The molecule has 1 aliphatic heterocycles. The molecule has 4 rings (SSSR count). The lowest BCUT2D eigenvalue weighted by molar-refractivity contribution is -0.115. The van der Waals surface area contributed by atoms with Gasteiger partial charge in [0.15, 0.2) is 11.5 Å². The normalized spacial score (nSPS) is 12.1. The van der Waals surface area contributed by atoms with Gasteiger partial charge in [0.05, 0.1) is 18.3 Å². The van der Waals surface area contributed by atoms with Gasteiger partial charge in [0, 0.05) is 17.4 Å². The maximum absolute atomic E-state index is 12.3. The minimum atomic E-state index is -0.243. The minimum Gasteiger partial charge on any atom is -0.486 e. The van der Waals surface area contributed by atoms with E-state index >= 15 is 0 Å². The van der Waals surface area contributed by atoms with Crippen LogP contribution in [0.4, 0.5) is 11.4 Å². The molecule has 1 aliphatic rings. The van der Waals surface area contributed by atoms with Crippen molar-refractivity contribution in [1.29, 1.82) is 0 Å². The van der Waals surface area contributed by atoms with Gasteiger partial charge in [-0.2, -0.15) is 0 Å². The fourth-order valence-electron chi connectivity index (χ4n) is 2.93. The average Bonchev–Trinajstić information content (AvgIpc) is 2.75. The predicted octanol–water partition coefficient (Wildman–Crippen LogP) is 3.29. The third-order valence-corrected chi connectivity index (χ3v) is 4.32. The van der Waals surface area contributed by atoms with E-state index in [-0.39, 0.29) is 18.2 Å². The van der Waals surface area contributed by atoms with Crippen molar-refractivity contribution in [2.24, 2.45) is 0 Å². The van der Waals surface area contributed by atoms with Gasteiger partial charge in [0.25, 0.3) is 5.91 Å². The lowest BCUT2D eigenvalue weighted by atomic mass is 10.1. The number of hydrogen-bond donors (Lipinski definition) is 2. The monoisotopic (exact) mass is 389 g/mol. The van der Waals surface area contributed by atoms with E-state index in [4.69, 9.17) is 9.47 Å². The van der Waals surface area contributed by atoms with Crippen molar-refractivity contribution < 1.29 is 19.1 Å². The van der Waals surface area contributed by atoms with Crippen molar-refractivity contribution in [3.8, 4) is 11.5 Å². The van der Waals surface area contributed by atoms with E-state index in [1.807, 2.05) is 18.2 Å². The van der Waals surface area contributed by atoms with Crippen LogP contribution in [0.15, 0.2) is 67.0 Å². The average molecular weight is 389 g/mol. The van der Waals surface area contributed by atoms with E-state index in [0.717, 1.165) is 5.56 Å². The third kappa shape index (κ3) is 4.70. The van der Waals surface area contributed by atoms with Crippen molar-refractivity contribution in [3.63, 3.8) is 0 Å². The van der Waals surface area contributed by atoms with Gasteiger partial charge in [-0.3, -0.25) is 14.6 Å². The number of nitrogens with one attached hydrogen (secondary N) is 2. The van der Waals surface area contributed by atoms with Crippen LogP contribution in [0.3, 0.4) is 0 Å². The number of rotatable bonds is 5. The molecule has 29 heavy (non-hydrogen) atoms. The van der Waals surface area contributed by atoms with Gasteiger partial charge in [0.2, 0.25) is 5.91 Å². The molecule has 0 atom stereocenters. The number of anilines is 2. The Bertz CT molecular complexity index is 1020. The Labute approximate surface area is 167 Å². The number of pyridine rings is 1. The van der Waals surface area contributed by atoms with Crippen LogP contribution in [0.1, 0.15) is 15.9 Å². The van der Waals surface area contributed by atoms with Crippen molar-refractivity contribution >= 4 is 23.2 Å². The summed E-state index contributed by atoms with van der Waals surface area (Å²) < 4.78 is 11.0. The Morgan fingerprint density at radius 1 is 0.897 bits per heavy atom. The smallest absolute Gasteiger partial charge is 0.255 e. The lowest BCUT2D eigenvalue weighted by Crippen LogP contribution is -2.17. The zero-order valence-corrected chi connectivity index (χ0v) is 15.6. The van der Waals surface area contributed by atoms with Crippen LogP contribution >= 0.6 is 0 Å². The minimum absolute atomic E-state index is 0.158. The van der Waals surface area contributed by atoms with Crippen molar-refractivity contribution in [2.75, 3.05) is 23.8 Å². The van der Waals surface area contributed by atoms with Crippen LogP contribution in [0.5, 0.6) is 11.5 Å². The standard InChI is InChI=1S/C22H19N3O4/c26-21(13-15-3-8-19-20(12-15)29-11-10-28-19)24-17-6-4-16(5-7-17)22(27)25-18-2-1-9-23-14-18/h1-9,12,14H,10-11,13H2,(H,24,26)(H,25,27). The van der Waals surface area contributed by atoms with Crippen LogP contribution < -0.4 is 20.1 Å². The SMILES string of the molecule is O=C(Cc1ccc2c(c1)OCCO2)Nc1ccc(C(=O)Nc2cccnc2)cc1. The maximum atomic E-state index is 12.3. The zero-order valence-electron chi connectivity index (χ0n) is 15.6. The quantitative estimate of drug-likeness (QED) is 0.699. The van der Waals surface area contributed by atoms with Crippen molar-refractivity contribution in [2.45, 2.75) is 6.42 Å². The summed E-state index contributed by atoms with van der Waals surface area (Å²) in [4.78, 5) is 28.6. The van der Waals surface area contributed by atoms with Gasteiger partial charge >= 0.3 is 0 Å². The van der Waals surface area contributed by atoms with Gasteiger partial charge in [-0.1, -0.05) is 6.07 Å². The number of carbonyl (C=O) groups excluding carboxylic acids is 2. The highest BCUT2D eigenvalue weighted by molar-refractivity contribution is 6.04. The van der Waals surface area contributed by atoms with Gasteiger partial charge in [-0.25, -0.2) is 0 Å². The third-order valence-electron chi connectivity index (χ3n) is 4.32. The first-order valence-corrected chi connectivity index (χ1v) is 9.17. The molecular weight excluding hydrogens is 370 g/mol. The van der Waals surface area contributed by atoms with E-state index < -0.39 is 0 Å². The molecule has 2 amide bonds. The number of ether oxygens (including phenoxy) is 2. The van der Waals surface area contributed by atoms with Crippen molar-refractivity contribution in [1.82, 2.24) is 4.98 Å². The number of benzene rings is 2. The molecule has 0 saturated heterocycles. The molecule has 3 aromatic rings. The summed E-state index contributed by atoms with van der Waals surface area (Å²) >= 11 is 0. The van der Waals surface area contributed by atoms with Gasteiger partial charge < -0.3 is 20.1 Å². The Morgan fingerprint density at radius 3 is 2.45 bits per heavy atom. The Balaban J connectivity index is 1.34. The number of aromatic nitrogens is 1. The largest absolute Gasteiger partial charge is 0.486 e. The van der Waals surface area contributed by atoms with E-state index in [9.17, 15) is 9.59 Å². The molecule has 0 unspecified atom stereocenters. The maximum Gasteiger partial charge on any atom is 0.255 e. The molecular formula is C22H19N3O4. The van der Waals surface area contributed by atoms with Crippen molar-refractivity contribution in [3.05, 3.63) is 78.1 Å². The molecule has 7 heteroatoms. The summed E-state index contributed by atoms with van der Waals surface area (Å²) in [5, 5.41) is 5.60. The molecule has 0 spiro atoms. The molecule has 0 radical (unpaired) electrons. The zero-order chi connectivity index (χ0) is 20.1. The molecule has 7 nitrogen and oxygen atoms in total. The van der Waals surface area contributed by atoms with Gasteiger partial charge in [0.1, 0.15) is 13.2 Å². The Morgan fingerprint density at radius 2 is 1.69 bits per heavy atom. The topological polar surface area (TPSA) is 89.5 Å². The first kappa shape index (κ1) is 18.5. The molecule has 1 aromatic heterocycles. The summed E-state index contributed by atoms with van der Waals surface area (Å²) in [6, 6.07) is 15.7. The highest BCUT2D eigenvalue weighted by atomic mass is 16.6. The fourth-order valence-corrected chi connectivity index (χ4v) is 2.93. The Hall–Kier alpha value is -3.87. The number of nitrogens with zero attached hydrogens (tertiary/aromatic N) is 1. The highest BCUT2D eigenvalue weighted by Crippen LogP contribution is 2.30. The molecule has 0 bridgehead atoms. The fraction of sp³-hybridized carbons (Fsp3) is 0.136. The summed E-state index contributed by atoms with van der Waals surface area (Å²) in [7, 11) is 0. The molecule has 146 valence electrons. The summed E-state index contributed by atoms with van der Waals surface area (Å²) in [5.74, 6) is 0.951. The lowest BCUT2D eigenvalue weighted by Gasteiger charge is -2.18. The van der Waals surface area contributed by atoms with E-state index in [1.165, 1.54) is 0 Å². The Kier molecular flexibility index (Phi) is 5.38. The van der Waals surface area contributed by atoms with Crippen LogP contribution in [0.2, 0.25) is 0 Å². The number of carbonyl (C=O) groups is 2. The molecule has 0 saturated carbocycles. The van der Waals surface area contributed by atoms with Crippen LogP contribution in [-0.4, -0.2) is 30.0 Å². The van der Waals surface area contributed by atoms with E-state index in [0.29, 0.717) is 41.7 Å². The molecule has 0 fully saturated rings. The first-order chi connectivity index (χ1) is 14.2. The summed E-state index contributed by atoms with van der Waals surface area (Å²) in [6.07, 6.45) is 3.42. The summed E-state index contributed by atoms with van der Waals surface area (Å²) in [5.41, 5.74) is 2.55. The highest BCUT2D eigenvalue weighted by Gasteiger charge is 2.13. The van der Waals surface area contributed by atoms with Crippen LogP contribution in [-0.2, 0) is 11.2 Å². The van der Waals surface area contributed by atoms with Crippen LogP contribution in [0, 0.1) is 0 Å². The van der Waals surface area contributed by atoms with Gasteiger partial charge in [-0.05, 0) is 54.1 Å². The number of fused-ring (bicyclic) bond motifs is 1. The number of amides is 2. The van der Waals surface area contributed by atoms with E-state index in [2.05, 4.69) is 15.6 Å². The van der Waals surface area contributed by atoms with Crippen LogP contribution in [0.25, 0.3) is 0 Å². The molecule has 2 N–H and O–H groups in total. The second kappa shape index (κ2) is 8.43. The first-order valence-electron chi connectivity index (χ1n) is 9.17. The molecule has 2 aromatic carbocycles. The second-order valence-corrected chi connectivity index (χ2v) is 6.48. The second-order valence-electron chi connectivity index (χ2n) is 6.48. The van der Waals surface area contributed by atoms with Gasteiger partial charge in [-0.15, -0.1) is 0 Å². The molecule has 2 heterocycles. The van der Waals surface area contributed by atoms with E-state index in [1.54, 1.807) is 48.8 Å². The molecule has 0 aliphatic carbocycles. The summed E-state index contributed by atoms with van der Waals surface area (Å²) in [6.45, 7) is 1.03. The predicted molar refractivity (Wildman–Crippen MR) is 108 cm³/mol.